The predicted octanol–water partition coefficient (Wildman–Crippen LogP) is 2.60. The number of carbonyl (C=O) groups excluding carboxylic acids is 1. The Hall–Kier alpha value is -2.36. The molecule has 1 atom stereocenters. The van der Waals surface area contributed by atoms with Crippen molar-refractivity contribution in [3.8, 4) is 0 Å². The number of aromatic nitrogens is 1. The number of rotatable bonds is 6. The van der Waals surface area contributed by atoms with Crippen LogP contribution < -0.4 is 10.9 Å². The van der Waals surface area contributed by atoms with Gasteiger partial charge in [-0.2, -0.15) is 0 Å². The van der Waals surface area contributed by atoms with Gasteiger partial charge < -0.3 is 9.88 Å². The third-order valence-electron chi connectivity index (χ3n) is 3.71. The Kier molecular flexibility index (Phi) is 5.74. The molecule has 1 N–H and O–H groups in total. The minimum absolute atomic E-state index is 0.0300. The Balaban J connectivity index is 1.85. The van der Waals surface area contributed by atoms with Crippen LogP contribution in [0.2, 0.25) is 0 Å². The standard InChI is InChI=1S/C19H24N2O2/c1-14-10-15(2)12-17(11-14)13-16(3)20-18(22)7-9-21-8-5-4-6-19(21)23/h4-6,8,10-12,16H,7,9,13H2,1-3H3,(H,20,22)/t16-/m0/s1. The van der Waals surface area contributed by atoms with E-state index in [0.29, 0.717) is 13.0 Å². The van der Waals surface area contributed by atoms with Crippen LogP contribution in [0.15, 0.2) is 47.4 Å². The van der Waals surface area contributed by atoms with E-state index in [1.807, 2.05) is 6.92 Å². The van der Waals surface area contributed by atoms with Gasteiger partial charge in [0.05, 0.1) is 0 Å². The number of hydrogen-bond donors (Lipinski definition) is 1. The zero-order valence-corrected chi connectivity index (χ0v) is 14.0. The van der Waals surface area contributed by atoms with Gasteiger partial charge in [-0.3, -0.25) is 9.59 Å². The molecule has 0 aliphatic heterocycles. The summed E-state index contributed by atoms with van der Waals surface area (Å²) in [6.45, 7) is 6.57. The SMILES string of the molecule is Cc1cc(C)cc(C[C@H](C)NC(=O)CCn2ccccc2=O)c1. The second-order valence-electron chi connectivity index (χ2n) is 6.15. The quantitative estimate of drug-likeness (QED) is 0.891. The first-order valence-corrected chi connectivity index (χ1v) is 7.96. The van der Waals surface area contributed by atoms with Crippen LogP contribution >= 0.6 is 0 Å². The fourth-order valence-corrected chi connectivity index (χ4v) is 2.81. The molecule has 0 bridgehead atoms. The van der Waals surface area contributed by atoms with Gasteiger partial charge in [0.2, 0.25) is 5.91 Å². The van der Waals surface area contributed by atoms with Crippen molar-refractivity contribution in [2.45, 2.75) is 46.2 Å². The van der Waals surface area contributed by atoms with Crippen molar-refractivity contribution in [2.75, 3.05) is 0 Å². The second kappa shape index (κ2) is 7.77. The minimum atomic E-state index is -0.0800. The maximum atomic E-state index is 12.0. The van der Waals surface area contributed by atoms with Crippen molar-refractivity contribution >= 4 is 5.91 Å². The van der Waals surface area contributed by atoms with Crippen LogP contribution in [0.4, 0.5) is 0 Å². The highest BCUT2D eigenvalue weighted by Gasteiger charge is 2.09. The summed E-state index contributed by atoms with van der Waals surface area (Å²) in [7, 11) is 0. The number of aryl methyl sites for hydroxylation is 3. The van der Waals surface area contributed by atoms with Gasteiger partial charge in [-0.15, -0.1) is 0 Å². The van der Waals surface area contributed by atoms with E-state index in [-0.39, 0.29) is 17.5 Å². The van der Waals surface area contributed by atoms with Crippen LogP contribution in [-0.4, -0.2) is 16.5 Å². The van der Waals surface area contributed by atoms with Crippen LogP contribution in [0.25, 0.3) is 0 Å². The molecule has 4 heteroatoms. The van der Waals surface area contributed by atoms with Crippen LogP contribution in [0, 0.1) is 13.8 Å². The topological polar surface area (TPSA) is 51.1 Å². The van der Waals surface area contributed by atoms with Gasteiger partial charge in [-0.05, 0) is 38.8 Å². The van der Waals surface area contributed by atoms with Crippen LogP contribution in [0.1, 0.15) is 30.0 Å². The summed E-state index contributed by atoms with van der Waals surface area (Å²) < 4.78 is 1.55. The Labute approximate surface area is 137 Å². The molecule has 1 aromatic heterocycles. The molecule has 23 heavy (non-hydrogen) atoms. The van der Waals surface area contributed by atoms with Crippen LogP contribution in [0.5, 0.6) is 0 Å². The van der Waals surface area contributed by atoms with Crippen LogP contribution in [-0.2, 0) is 17.8 Å². The molecule has 0 saturated carbocycles. The molecule has 0 fully saturated rings. The summed E-state index contributed by atoms with van der Waals surface area (Å²) in [5.41, 5.74) is 3.63. The van der Waals surface area contributed by atoms with Gasteiger partial charge in [0.15, 0.2) is 0 Å². The third kappa shape index (κ3) is 5.40. The summed E-state index contributed by atoms with van der Waals surface area (Å²) in [6, 6.07) is 11.5. The van der Waals surface area contributed by atoms with Crippen molar-refractivity contribution in [1.29, 1.82) is 0 Å². The molecule has 4 nitrogen and oxygen atoms in total. The molecule has 2 rings (SSSR count). The first kappa shape index (κ1) is 17.0. The number of benzene rings is 1. The molecule has 0 saturated heterocycles. The van der Waals surface area contributed by atoms with Crippen molar-refractivity contribution in [3.05, 3.63) is 69.6 Å². The fourth-order valence-electron chi connectivity index (χ4n) is 2.81. The van der Waals surface area contributed by atoms with Crippen LogP contribution in [0.3, 0.4) is 0 Å². The predicted molar refractivity (Wildman–Crippen MR) is 92.5 cm³/mol. The third-order valence-corrected chi connectivity index (χ3v) is 3.71. The molecule has 2 aromatic rings. The summed E-state index contributed by atoms with van der Waals surface area (Å²) in [6.07, 6.45) is 2.81. The van der Waals surface area contributed by atoms with E-state index in [0.717, 1.165) is 6.42 Å². The number of nitrogens with zero attached hydrogens (tertiary/aromatic N) is 1. The Bertz CT molecular complexity index is 714. The number of hydrogen-bond acceptors (Lipinski definition) is 2. The molecule has 122 valence electrons. The molecule has 1 amide bonds. The molecular formula is C19H24N2O2. The van der Waals surface area contributed by atoms with E-state index in [2.05, 4.69) is 37.4 Å². The van der Waals surface area contributed by atoms with Gasteiger partial charge in [0, 0.05) is 31.3 Å². The lowest BCUT2D eigenvalue weighted by Crippen LogP contribution is -2.35. The molecule has 0 aliphatic rings. The number of amides is 1. The van der Waals surface area contributed by atoms with E-state index < -0.39 is 0 Å². The zero-order valence-electron chi connectivity index (χ0n) is 14.0. The Morgan fingerprint density at radius 2 is 1.87 bits per heavy atom. The van der Waals surface area contributed by atoms with Gasteiger partial charge in [0.1, 0.15) is 0 Å². The average Bonchev–Trinajstić information content (AvgIpc) is 2.45. The molecule has 0 unspecified atom stereocenters. The average molecular weight is 312 g/mol. The lowest BCUT2D eigenvalue weighted by molar-refractivity contribution is -0.121. The maximum Gasteiger partial charge on any atom is 0.250 e. The number of nitrogens with one attached hydrogen (secondary N) is 1. The van der Waals surface area contributed by atoms with Crippen molar-refractivity contribution in [3.63, 3.8) is 0 Å². The summed E-state index contributed by atoms with van der Waals surface area (Å²) in [4.78, 5) is 23.6. The molecule has 1 aromatic carbocycles. The first-order chi connectivity index (χ1) is 10.9. The van der Waals surface area contributed by atoms with Gasteiger partial charge in [-0.25, -0.2) is 0 Å². The Morgan fingerprint density at radius 3 is 2.52 bits per heavy atom. The number of pyridine rings is 1. The lowest BCUT2D eigenvalue weighted by atomic mass is 10.0. The van der Waals surface area contributed by atoms with E-state index in [1.54, 1.807) is 22.9 Å². The molecule has 1 heterocycles. The zero-order chi connectivity index (χ0) is 16.8. The normalized spacial score (nSPS) is 12.0. The molecule has 0 radical (unpaired) electrons. The van der Waals surface area contributed by atoms with Crippen molar-refractivity contribution < 1.29 is 4.79 Å². The van der Waals surface area contributed by atoms with Gasteiger partial charge >= 0.3 is 0 Å². The van der Waals surface area contributed by atoms with Gasteiger partial charge in [-0.1, -0.05) is 35.4 Å². The molecular weight excluding hydrogens is 288 g/mol. The maximum absolute atomic E-state index is 12.0. The Morgan fingerprint density at radius 1 is 1.17 bits per heavy atom. The highest BCUT2D eigenvalue weighted by atomic mass is 16.2. The second-order valence-corrected chi connectivity index (χ2v) is 6.15. The van der Waals surface area contributed by atoms with E-state index in [1.165, 1.54) is 22.8 Å². The smallest absolute Gasteiger partial charge is 0.250 e. The van der Waals surface area contributed by atoms with E-state index >= 15 is 0 Å². The first-order valence-electron chi connectivity index (χ1n) is 7.96. The number of carbonyl (C=O) groups is 1. The summed E-state index contributed by atoms with van der Waals surface area (Å²) in [5.74, 6) is -0.0300. The molecule has 0 aliphatic carbocycles. The summed E-state index contributed by atoms with van der Waals surface area (Å²) >= 11 is 0. The van der Waals surface area contributed by atoms with E-state index in [4.69, 9.17) is 0 Å². The van der Waals surface area contributed by atoms with Gasteiger partial charge in [0.25, 0.3) is 5.56 Å². The fraction of sp³-hybridized carbons (Fsp3) is 0.368. The summed E-state index contributed by atoms with van der Waals surface area (Å²) in [5, 5.41) is 3.00. The minimum Gasteiger partial charge on any atom is -0.353 e. The van der Waals surface area contributed by atoms with Crippen molar-refractivity contribution in [1.82, 2.24) is 9.88 Å². The largest absolute Gasteiger partial charge is 0.353 e. The highest BCUT2D eigenvalue weighted by Crippen LogP contribution is 2.11. The van der Waals surface area contributed by atoms with E-state index in [9.17, 15) is 9.59 Å². The van der Waals surface area contributed by atoms with Crippen molar-refractivity contribution in [2.24, 2.45) is 0 Å². The highest BCUT2D eigenvalue weighted by molar-refractivity contribution is 5.76. The lowest BCUT2D eigenvalue weighted by Gasteiger charge is -2.15. The molecule has 0 spiro atoms. The monoisotopic (exact) mass is 312 g/mol.